The number of piperidine rings is 1. The molecular formula is C26H32ClFN2O8. The van der Waals surface area contributed by atoms with Gasteiger partial charge in [-0.25, -0.2) is 14.0 Å². The molecule has 2 heterocycles. The predicted octanol–water partition coefficient (Wildman–Crippen LogP) is 1.59. The van der Waals surface area contributed by atoms with E-state index < -0.39 is 36.4 Å². The van der Waals surface area contributed by atoms with E-state index in [9.17, 15) is 24.2 Å². The van der Waals surface area contributed by atoms with Gasteiger partial charge in [-0.1, -0.05) is 23.7 Å². The fourth-order valence-corrected chi connectivity index (χ4v) is 5.30. The van der Waals surface area contributed by atoms with Crippen LogP contribution in [0.15, 0.2) is 36.5 Å². The molecule has 0 radical (unpaired) electrons. The average molecular weight is 555 g/mol. The summed E-state index contributed by atoms with van der Waals surface area (Å²) < 4.78 is 13.3. The number of carbonyl (C=O) groups is 2. The highest BCUT2D eigenvalue weighted by Crippen LogP contribution is 2.35. The van der Waals surface area contributed by atoms with Gasteiger partial charge in [0, 0.05) is 30.2 Å². The van der Waals surface area contributed by atoms with E-state index in [1.807, 2.05) is 6.07 Å². The molecule has 1 fully saturated rings. The number of carboxylic acids is 2. The predicted molar refractivity (Wildman–Crippen MR) is 134 cm³/mol. The van der Waals surface area contributed by atoms with Crippen molar-refractivity contribution in [3.05, 3.63) is 64.2 Å². The zero-order valence-corrected chi connectivity index (χ0v) is 21.3. The van der Waals surface area contributed by atoms with Gasteiger partial charge >= 0.3 is 11.9 Å². The number of nitrogens with zero attached hydrogens (tertiary/aromatic N) is 2. The normalized spacial score (nSPS) is 25.2. The Kier molecular flexibility index (Phi) is 10.5. The maximum absolute atomic E-state index is 13.3. The molecule has 1 aliphatic heterocycles. The molecule has 0 unspecified atom stereocenters. The summed E-state index contributed by atoms with van der Waals surface area (Å²) in [4.78, 5) is 26.2. The number of hydrogen-bond donors (Lipinski definition) is 6. The van der Waals surface area contributed by atoms with Gasteiger partial charge < -0.3 is 35.5 Å². The molecule has 10 nitrogen and oxygen atoms in total. The molecule has 6 N–H and O–H groups in total. The maximum atomic E-state index is 13.3. The standard InChI is InChI=1S/C22H26ClFN2O2.C4H6O6/c23-19-11-16(24)5-6-17(19)18-7-9-26(13-21(18)28)12-14-3-4-15-2-1-8-25-22(15)20(27)10-14;5-1(3(7)8)2(6)4(9)10/h1-2,5-6,8,11,14,18,20-21,27-28H,3-4,7,9-10,12-13H2;1-2,5-6H,(H,7,8)(H,9,10)/t14-,18-,20+,21+;1-,2-/m11/s1. The van der Waals surface area contributed by atoms with Crippen molar-refractivity contribution in [1.82, 2.24) is 9.88 Å². The van der Waals surface area contributed by atoms with Gasteiger partial charge in [-0.3, -0.25) is 4.98 Å². The Labute approximate surface area is 223 Å². The number of benzene rings is 1. The fourth-order valence-electron chi connectivity index (χ4n) is 5.00. The van der Waals surface area contributed by atoms with Crippen LogP contribution in [0.4, 0.5) is 4.39 Å². The first-order valence-corrected chi connectivity index (χ1v) is 12.6. The van der Waals surface area contributed by atoms with Crippen LogP contribution in [-0.2, 0) is 16.0 Å². The molecule has 6 atom stereocenters. The monoisotopic (exact) mass is 554 g/mol. The van der Waals surface area contributed by atoms with Crippen molar-refractivity contribution in [3.8, 4) is 0 Å². The summed E-state index contributed by atoms with van der Waals surface area (Å²) in [6.07, 6.45) is -0.437. The van der Waals surface area contributed by atoms with Crippen molar-refractivity contribution in [1.29, 1.82) is 0 Å². The summed E-state index contributed by atoms with van der Waals surface area (Å²) in [6, 6.07) is 8.38. The number of aliphatic carboxylic acids is 2. The van der Waals surface area contributed by atoms with E-state index in [-0.39, 0.29) is 11.7 Å². The Morgan fingerprint density at radius 1 is 1.11 bits per heavy atom. The van der Waals surface area contributed by atoms with Crippen molar-refractivity contribution in [3.63, 3.8) is 0 Å². The second-order valence-corrected chi connectivity index (χ2v) is 10.1. The number of halogens is 2. The summed E-state index contributed by atoms with van der Waals surface area (Å²) in [7, 11) is 0. The van der Waals surface area contributed by atoms with Crippen LogP contribution in [0.5, 0.6) is 0 Å². The molecule has 1 saturated heterocycles. The van der Waals surface area contributed by atoms with Gasteiger partial charge in [0.05, 0.1) is 17.9 Å². The number of aliphatic hydroxyl groups is 4. The van der Waals surface area contributed by atoms with Gasteiger partial charge in [0.1, 0.15) is 5.82 Å². The number of β-amino-alcohol motifs (C(OH)–C–C–N with tert-alkyl or cyclic N) is 1. The third kappa shape index (κ3) is 7.68. The van der Waals surface area contributed by atoms with Crippen LogP contribution >= 0.6 is 11.6 Å². The van der Waals surface area contributed by atoms with E-state index in [0.29, 0.717) is 23.9 Å². The smallest absolute Gasteiger partial charge is 0.335 e. The van der Waals surface area contributed by atoms with E-state index in [1.54, 1.807) is 12.3 Å². The molecule has 0 amide bonds. The Morgan fingerprint density at radius 2 is 1.79 bits per heavy atom. The lowest BCUT2D eigenvalue weighted by atomic mass is 9.86. The van der Waals surface area contributed by atoms with E-state index in [2.05, 4.69) is 16.0 Å². The van der Waals surface area contributed by atoms with Crippen molar-refractivity contribution in [2.45, 2.75) is 56.0 Å². The van der Waals surface area contributed by atoms with Gasteiger partial charge in [0.25, 0.3) is 0 Å². The highest BCUT2D eigenvalue weighted by molar-refractivity contribution is 6.31. The Hall–Kier alpha value is -2.67. The first kappa shape index (κ1) is 29.9. The van der Waals surface area contributed by atoms with Gasteiger partial charge in [0.15, 0.2) is 12.2 Å². The maximum Gasteiger partial charge on any atom is 0.335 e. The van der Waals surface area contributed by atoms with E-state index in [0.717, 1.165) is 49.2 Å². The van der Waals surface area contributed by atoms with Crippen LogP contribution in [0.1, 0.15) is 48.1 Å². The lowest BCUT2D eigenvalue weighted by Gasteiger charge is -2.38. The molecule has 0 saturated carbocycles. The first-order valence-electron chi connectivity index (χ1n) is 12.3. The molecule has 4 rings (SSSR count). The Balaban J connectivity index is 0.000000342. The number of fused-ring (bicyclic) bond motifs is 1. The Bertz CT molecular complexity index is 1100. The van der Waals surface area contributed by atoms with Crippen molar-refractivity contribution in [2.24, 2.45) is 5.92 Å². The van der Waals surface area contributed by atoms with Crippen molar-refractivity contribution in [2.75, 3.05) is 19.6 Å². The first-order chi connectivity index (χ1) is 18.0. The van der Waals surface area contributed by atoms with Crippen LogP contribution in [0.3, 0.4) is 0 Å². The molecular weight excluding hydrogens is 523 g/mol. The largest absolute Gasteiger partial charge is 0.479 e. The summed E-state index contributed by atoms with van der Waals surface area (Å²) in [5, 5.41) is 54.2. The van der Waals surface area contributed by atoms with E-state index in [4.69, 9.17) is 32.0 Å². The molecule has 2 aromatic rings. The lowest BCUT2D eigenvalue weighted by Crippen LogP contribution is -2.44. The molecule has 1 aliphatic carbocycles. The molecule has 1 aromatic heterocycles. The van der Waals surface area contributed by atoms with Crippen LogP contribution in [0, 0.1) is 11.7 Å². The van der Waals surface area contributed by atoms with Crippen LogP contribution in [-0.4, -0.2) is 90.4 Å². The van der Waals surface area contributed by atoms with E-state index >= 15 is 0 Å². The number of hydrogen-bond acceptors (Lipinski definition) is 8. The van der Waals surface area contributed by atoms with Crippen molar-refractivity contribution >= 4 is 23.5 Å². The van der Waals surface area contributed by atoms with Crippen LogP contribution in [0.2, 0.25) is 5.02 Å². The number of pyridine rings is 1. The second-order valence-electron chi connectivity index (χ2n) is 9.66. The summed E-state index contributed by atoms with van der Waals surface area (Å²) in [5.41, 5.74) is 2.78. The second kappa shape index (κ2) is 13.4. The molecule has 0 spiro atoms. The summed E-state index contributed by atoms with van der Waals surface area (Å²) in [5.74, 6) is -3.60. The molecule has 12 heteroatoms. The minimum absolute atomic E-state index is 0.0717. The van der Waals surface area contributed by atoms with E-state index in [1.165, 1.54) is 12.1 Å². The fraction of sp³-hybridized carbons (Fsp3) is 0.500. The SMILES string of the molecule is O=C(O)[C@H](O)[C@@H](O)C(=O)O.O[C@H]1C[C@H](CN2CC[C@H](c3ccc(F)cc3Cl)[C@@H](O)C2)CCc2cccnc21. The Morgan fingerprint density at radius 3 is 2.39 bits per heavy atom. The molecule has 0 bridgehead atoms. The minimum atomic E-state index is -2.27. The number of rotatable bonds is 6. The quantitative estimate of drug-likeness (QED) is 0.288. The summed E-state index contributed by atoms with van der Waals surface area (Å²) in [6.45, 7) is 2.27. The third-order valence-corrected chi connectivity index (χ3v) is 7.30. The lowest BCUT2D eigenvalue weighted by molar-refractivity contribution is -0.165. The van der Waals surface area contributed by atoms with Crippen molar-refractivity contribution < 1.29 is 44.6 Å². The average Bonchev–Trinajstić information content (AvgIpc) is 3.02. The van der Waals surface area contributed by atoms with Crippen LogP contribution in [0.25, 0.3) is 0 Å². The topological polar surface area (TPSA) is 172 Å². The zero-order chi connectivity index (χ0) is 28.0. The highest BCUT2D eigenvalue weighted by Gasteiger charge is 2.33. The van der Waals surface area contributed by atoms with Gasteiger partial charge in [-0.05, 0) is 67.5 Å². The number of likely N-dealkylation sites (tertiary alicyclic amines) is 1. The summed E-state index contributed by atoms with van der Waals surface area (Å²) >= 11 is 6.20. The number of aliphatic hydroxyl groups excluding tert-OH is 4. The molecule has 208 valence electrons. The number of aryl methyl sites for hydroxylation is 1. The minimum Gasteiger partial charge on any atom is -0.479 e. The van der Waals surface area contributed by atoms with Gasteiger partial charge in [-0.15, -0.1) is 0 Å². The van der Waals surface area contributed by atoms with Crippen LogP contribution < -0.4 is 0 Å². The van der Waals surface area contributed by atoms with Gasteiger partial charge in [-0.2, -0.15) is 0 Å². The van der Waals surface area contributed by atoms with Gasteiger partial charge in [0.2, 0.25) is 0 Å². The zero-order valence-electron chi connectivity index (χ0n) is 20.5. The number of carboxylic acid groups (broad SMARTS) is 2. The molecule has 38 heavy (non-hydrogen) atoms. The molecule has 2 aliphatic rings. The molecule has 1 aromatic carbocycles. The highest BCUT2D eigenvalue weighted by atomic mass is 35.5. The number of aromatic nitrogens is 1. The third-order valence-electron chi connectivity index (χ3n) is 6.97.